The monoisotopic (exact) mass is 336 g/mol. The van der Waals surface area contributed by atoms with E-state index in [1.165, 1.54) is 16.1 Å². The Bertz CT molecular complexity index is 574. The Morgan fingerprint density at radius 3 is 2.68 bits per heavy atom. The first kappa shape index (κ1) is 13.3. The Morgan fingerprint density at radius 2 is 2.00 bits per heavy atom. The molecule has 0 aliphatic carbocycles. The van der Waals surface area contributed by atoms with Crippen molar-refractivity contribution in [2.75, 3.05) is 6.54 Å². The molecule has 100 valence electrons. The maximum Gasteiger partial charge on any atom is 0.123 e. The third-order valence-electron chi connectivity index (χ3n) is 3.58. The number of nitrogens with zero attached hydrogens (tertiary/aromatic N) is 2. The maximum atomic E-state index is 4.82. The molecule has 2 heterocycles. The van der Waals surface area contributed by atoms with Crippen LogP contribution in [0.4, 0.5) is 0 Å². The minimum atomic E-state index is 0.617. The van der Waals surface area contributed by atoms with Gasteiger partial charge in [0.2, 0.25) is 0 Å². The fourth-order valence-electron chi connectivity index (χ4n) is 2.37. The fourth-order valence-corrected chi connectivity index (χ4v) is 3.78. The first-order valence-electron chi connectivity index (χ1n) is 6.62. The van der Waals surface area contributed by atoms with Crippen LogP contribution in [-0.4, -0.2) is 22.5 Å². The Morgan fingerprint density at radius 1 is 1.26 bits per heavy atom. The second-order valence-corrected chi connectivity index (χ2v) is 7.21. The molecule has 19 heavy (non-hydrogen) atoms. The van der Waals surface area contributed by atoms with Gasteiger partial charge in [-0.1, -0.05) is 28.1 Å². The summed E-state index contributed by atoms with van der Waals surface area (Å²) in [6.07, 6.45) is 1.08. The lowest BCUT2D eigenvalue weighted by molar-refractivity contribution is 0.205. The van der Waals surface area contributed by atoms with Gasteiger partial charge in [0.15, 0.2) is 0 Å². The van der Waals surface area contributed by atoms with Crippen molar-refractivity contribution in [1.82, 2.24) is 9.88 Å². The van der Waals surface area contributed by atoms with Crippen LogP contribution in [0.15, 0.2) is 28.7 Å². The molecule has 0 bridgehead atoms. The third-order valence-corrected chi connectivity index (χ3v) is 5.24. The van der Waals surface area contributed by atoms with E-state index in [9.17, 15) is 0 Å². The van der Waals surface area contributed by atoms with Crippen LogP contribution in [-0.2, 0) is 13.0 Å². The molecule has 0 fully saturated rings. The topological polar surface area (TPSA) is 16.1 Å². The van der Waals surface area contributed by atoms with Crippen molar-refractivity contribution in [3.8, 4) is 10.6 Å². The molecule has 0 saturated carbocycles. The summed E-state index contributed by atoms with van der Waals surface area (Å²) in [6.45, 7) is 6.72. The Kier molecular flexibility index (Phi) is 3.74. The van der Waals surface area contributed by atoms with Crippen LogP contribution >= 0.6 is 27.3 Å². The van der Waals surface area contributed by atoms with Crippen LogP contribution in [0.5, 0.6) is 0 Å². The molecule has 0 unspecified atom stereocenters. The number of rotatable bonds is 2. The quantitative estimate of drug-likeness (QED) is 0.810. The lowest BCUT2D eigenvalue weighted by Crippen LogP contribution is -2.35. The first-order valence-corrected chi connectivity index (χ1v) is 8.23. The number of benzene rings is 1. The lowest BCUT2D eigenvalue weighted by atomic mass is 10.1. The lowest BCUT2D eigenvalue weighted by Gasteiger charge is -2.29. The maximum absolute atomic E-state index is 4.82. The molecule has 1 aliphatic heterocycles. The van der Waals surface area contributed by atoms with Gasteiger partial charge < -0.3 is 0 Å². The van der Waals surface area contributed by atoms with Crippen molar-refractivity contribution in [3.05, 3.63) is 39.3 Å². The van der Waals surface area contributed by atoms with Crippen LogP contribution in [0.3, 0.4) is 0 Å². The summed E-state index contributed by atoms with van der Waals surface area (Å²) in [7, 11) is 0. The van der Waals surface area contributed by atoms with Crippen molar-refractivity contribution in [1.29, 1.82) is 0 Å². The van der Waals surface area contributed by atoms with E-state index in [1.54, 1.807) is 0 Å². The molecule has 0 spiro atoms. The highest BCUT2D eigenvalue weighted by Crippen LogP contribution is 2.32. The number of halogens is 1. The summed E-state index contributed by atoms with van der Waals surface area (Å²) < 4.78 is 1.11. The van der Waals surface area contributed by atoms with Gasteiger partial charge in [0, 0.05) is 40.5 Å². The molecule has 1 aliphatic rings. The van der Waals surface area contributed by atoms with Crippen LogP contribution in [0, 0.1) is 0 Å². The summed E-state index contributed by atoms with van der Waals surface area (Å²) in [6, 6.07) is 9.04. The van der Waals surface area contributed by atoms with Gasteiger partial charge in [0.1, 0.15) is 5.01 Å². The average Bonchev–Trinajstić information content (AvgIpc) is 2.82. The SMILES string of the molecule is CC(C)N1CCc2nc(-c3ccc(Br)cc3)sc2C1. The molecule has 2 nitrogen and oxygen atoms in total. The van der Waals surface area contributed by atoms with Crippen LogP contribution < -0.4 is 0 Å². The number of aromatic nitrogens is 1. The van der Waals surface area contributed by atoms with E-state index >= 15 is 0 Å². The highest BCUT2D eigenvalue weighted by Gasteiger charge is 2.22. The Balaban J connectivity index is 1.89. The van der Waals surface area contributed by atoms with E-state index in [4.69, 9.17) is 4.98 Å². The largest absolute Gasteiger partial charge is 0.295 e. The van der Waals surface area contributed by atoms with Gasteiger partial charge in [-0.3, -0.25) is 4.90 Å². The predicted octanol–water partition coefficient (Wildman–Crippen LogP) is 4.34. The number of hydrogen-bond acceptors (Lipinski definition) is 3. The second kappa shape index (κ2) is 5.35. The van der Waals surface area contributed by atoms with Crippen molar-refractivity contribution >= 4 is 27.3 Å². The van der Waals surface area contributed by atoms with Crippen molar-refractivity contribution < 1.29 is 0 Å². The average molecular weight is 337 g/mol. The molecular weight excluding hydrogens is 320 g/mol. The standard InChI is InChI=1S/C15H17BrN2S/c1-10(2)18-8-7-13-14(9-18)19-15(17-13)11-3-5-12(16)6-4-11/h3-6,10H,7-9H2,1-2H3. The molecule has 1 aromatic heterocycles. The summed E-state index contributed by atoms with van der Waals surface area (Å²) >= 11 is 5.32. The van der Waals surface area contributed by atoms with E-state index in [1.807, 2.05) is 11.3 Å². The van der Waals surface area contributed by atoms with Gasteiger partial charge >= 0.3 is 0 Å². The number of thiazole rings is 1. The molecule has 0 N–H and O–H groups in total. The van der Waals surface area contributed by atoms with E-state index in [0.29, 0.717) is 6.04 Å². The Labute approximate surface area is 126 Å². The zero-order chi connectivity index (χ0) is 13.4. The third kappa shape index (κ3) is 2.76. The Hall–Kier alpha value is -0.710. The molecule has 0 saturated heterocycles. The van der Waals surface area contributed by atoms with Gasteiger partial charge in [-0.25, -0.2) is 4.98 Å². The van der Waals surface area contributed by atoms with Gasteiger partial charge in [-0.15, -0.1) is 11.3 Å². The zero-order valence-electron chi connectivity index (χ0n) is 11.2. The second-order valence-electron chi connectivity index (χ2n) is 5.21. The first-order chi connectivity index (χ1) is 9.13. The summed E-state index contributed by atoms with van der Waals surface area (Å²) in [5.74, 6) is 0. The molecule has 0 radical (unpaired) electrons. The van der Waals surface area contributed by atoms with E-state index in [0.717, 1.165) is 29.0 Å². The molecule has 0 atom stereocenters. The van der Waals surface area contributed by atoms with Crippen molar-refractivity contribution in [3.63, 3.8) is 0 Å². The smallest absolute Gasteiger partial charge is 0.123 e. The molecule has 1 aromatic carbocycles. The van der Waals surface area contributed by atoms with Crippen molar-refractivity contribution in [2.45, 2.75) is 32.9 Å². The van der Waals surface area contributed by atoms with E-state index < -0.39 is 0 Å². The molecule has 0 amide bonds. The summed E-state index contributed by atoms with van der Waals surface area (Å²) in [5, 5.41) is 1.16. The normalized spacial score (nSPS) is 15.8. The molecule has 4 heteroatoms. The molecule has 3 rings (SSSR count). The van der Waals surface area contributed by atoms with E-state index in [2.05, 4.69) is 58.9 Å². The number of hydrogen-bond donors (Lipinski definition) is 0. The zero-order valence-corrected chi connectivity index (χ0v) is 13.6. The van der Waals surface area contributed by atoms with Gasteiger partial charge in [-0.2, -0.15) is 0 Å². The van der Waals surface area contributed by atoms with E-state index in [-0.39, 0.29) is 0 Å². The highest BCUT2D eigenvalue weighted by atomic mass is 79.9. The van der Waals surface area contributed by atoms with Crippen LogP contribution in [0.2, 0.25) is 0 Å². The molecular formula is C15H17BrN2S. The minimum absolute atomic E-state index is 0.617. The number of fused-ring (bicyclic) bond motifs is 1. The van der Waals surface area contributed by atoms with Crippen molar-refractivity contribution in [2.24, 2.45) is 0 Å². The minimum Gasteiger partial charge on any atom is -0.295 e. The summed E-state index contributed by atoms with van der Waals surface area (Å²) in [5.41, 5.74) is 2.53. The van der Waals surface area contributed by atoms with Gasteiger partial charge in [0.25, 0.3) is 0 Å². The fraction of sp³-hybridized carbons (Fsp3) is 0.400. The molecule has 2 aromatic rings. The van der Waals surface area contributed by atoms with Crippen LogP contribution in [0.1, 0.15) is 24.4 Å². The van der Waals surface area contributed by atoms with Gasteiger partial charge in [0.05, 0.1) is 5.69 Å². The predicted molar refractivity (Wildman–Crippen MR) is 84.5 cm³/mol. The highest BCUT2D eigenvalue weighted by molar-refractivity contribution is 9.10. The summed E-state index contributed by atoms with van der Waals surface area (Å²) in [4.78, 5) is 8.78. The van der Waals surface area contributed by atoms with Gasteiger partial charge in [-0.05, 0) is 26.0 Å². The van der Waals surface area contributed by atoms with Crippen LogP contribution in [0.25, 0.3) is 10.6 Å².